The molecule has 23 heavy (non-hydrogen) atoms. The summed E-state index contributed by atoms with van der Waals surface area (Å²) in [4.78, 5) is -0.178. The van der Waals surface area contributed by atoms with Gasteiger partial charge in [-0.3, -0.25) is 0 Å². The van der Waals surface area contributed by atoms with Crippen LogP contribution in [-0.2, 0) is 19.0 Å². The maximum absolute atomic E-state index is 13.1. The van der Waals surface area contributed by atoms with Gasteiger partial charge in [-0.1, -0.05) is 45.4 Å². The number of aryl methyl sites for hydroxylation is 1. The average molecular weight is 385 g/mol. The second kappa shape index (κ2) is 4.69. The highest BCUT2D eigenvalue weighted by molar-refractivity contribution is 9.09. The Balaban J connectivity index is 1.82. The molecule has 2 aliphatic rings. The second-order valence-corrected chi connectivity index (χ2v) is 7.01. The number of halogens is 4. The maximum atomic E-state index is 13.1. The van der Waals surface area contributed by atoms with E-state index < -0.39 is 17.4 Å². The van der Waals surface area contributed by atoms with Crippen LogP contribution in [0.5, 0.6) is 0 Å². The van der Waals surface area contributed by atoms with Crippen LogP contribution < -0.4 is 0 Å². The van der Waals surface area contributed by atoms with Crippen molar-refractivity contribution in [1.82, 2.24) is 5.16 Å². The Labute approximate surface area is 138 Å². The van der Waals surface area contributed by atoms with Crippen LogP contribution in [0.15, 0.2) is 28.8 Å². The van der Waals surface area contributed by atoms with Gasteiger partial charge in [0.1, 0.15) is 0 Å². The molecule has 3 nitrogen and oxygen atoms in total. The molecule has 120 valence electrons. The Hall–Kier alpha value is -1.63. The first-order valence-electron chi connectivity index (χ1n) is 7.21. The van der Waals surface area contributed by atoms with E-state index in [2.05, 4.69) is 25.6 Å². The monoisotopic (exact) mass is 384 g/mol. The van der Waals surface area contributed by atoms with Crippen LogP contribution >= 0.6 is 15.9 Å². The smallest absolute Gasteiger partial charge is 0.351 e. The summed E-state index contributed by atoms with van der Waals surface area (Å²) < 4.78 is 44.0. The van der Waals surface area contributed by atoms with Gasteiger partial charge in [0.25, 0.3) is 0 Å². The van der Waals surface area contributed by atoms with Crippen LogP contribution in [0.2, 0.25) is 0 Å². The molecule has 0 saturated carbocycles. The summed E-state index contributed by atoms with van der Waals surface area (Å²) in [5.74, 6) is -1.02. The lowest BCUT2D eigenvalue weighted by Gasteiger charge is -2.36. The lowest BCUT2D eigenvalue weighted by atomic mass is 9.69. The largest absolute Gasteiger partial charge is 0.452 e. The molecule has 0 radical (unpaired) electrons. The van der Waals surface area contributed by atoms with Crippen molar-refractivity contribution in [3.05, 3.63) is 52.4 Å². The molecule has 1 heterocycles. The molecule has 2 unspecified atom stereocenters. The number of rotatable bonds is 0. The van der Waals surface area contributed by atoms with E-state index >= 15 is 0 Å². The van der Waals surface area contributed by atoms with Crippen LogP contribution in [0.3, 0.4) is 0 Å². The van der Waals surface area contributed by atoms with Crippen molar-refractivity contribution in [2.45, 2.75) is 30.3 Å². The zero-order valence-electron chi connectivity index (χ0n) is 11.9. The van der Waals surface area contributed by atoms with Crippen LogP contribution in [0.4, 0.5) is 13.2 Å². The first kappa shape index (κ1) is 14.9. The molecule has 1 N–H and O–H groups in total. The Morgan fingerprint density at radius 3 is 2.74 bits per heavy atom. The minimum atomic E-state index is -4.56. The molecule has 1 aromatic heterocycles. The maximum Gasteiger partial charge on any atom is 0.452 e. The van der Waals surface area contributed by atoms with Gasteiger partial charge in [0, 0.05) is 22.3 Å². The molecule has 7 heteroatoms. The van der Waals surface area contributed by atoms with Gasteiger partial charge in [0.2, 0.25) is 5.76 Å². The predicted molar refractivity (Wildman–Crippen MR) is 80.9 cm³/mol. The zero-order chi connectivity index (χ0) is 16.4. The standard InChI is InChI=1S/C16H12BrF3N2O/c17-12-8-3-1-2-4-9(8)13(21)15(12)6-5-11-10(7-15)14(23-22-11)16(18,19)20/h1-4,12,21H,5-7H2. The number of aromatic nitrogens is 1. The Morgan fingerprint density at radius 2 is 2.04 bits per heavy atom. The number of hydrogen-bond donors (Lipinski definition) is 1. The summed E-state index contributed by atoms with van der Waals surface area (Å²) in [5.41, 5.74) is 1.96. The first-order valence-corrected chi connectivity index (χ1v) is 8.13. The number of nitrogens with zero attached hydrogens (tertiary/aromatic N) is 1. The molecule has 0 saturated heterocycles. The Bertz CT molecular complexity index is 814. The molecule has 2 atom stereocenters. The fourth-order valence-electron chi connectivity index (χ4n) is 3.76. The number of fused-ring (bicyclic) bond motifs is 2. The Kier molecular flexibility index (Phi) is 3.04. The van der Waals surface area contributed by atoms with Crippen LogP contribution in [0.1, 0.15) is 39.4 Å². The quantitative estimate of drug-likeness (QED) is 0.670. The van der Waals surface area contributed by atoms with E-state index in [-0.39, 0.29) is 16.8 Å². The van der Waals surface area contributed by atoms with E-state index in [1.807, 2.05) is 24.3 Å². The summed E-state index contributed by atoms with van der Waals surface area (Å²) in [6, 6.07) is 7.51. The van der Waals surface area contributed by atoms with Gasteiger partial charge >= 0.3 is 6.18 Å². The molecule has 0 aliphatic heterocycles. The highest BCUT2D eigenvalue weighted by atomic mass is 79.9. The number of nitrogens with one attached hydrogen (secondary N) is 1. The molecule has 2 aromatic rings. The molecule has 1 spiro atoms. The Morgan fingerprint density at radius 1 is 1.30 bits per heavy atom. The highest BCUT2D eigenvalue weighted by Crippen LogP contribution is 2.57. The van der Waals surface area contributed by atoms with Crippen LogP contribution in [0, 0.1) is 10.8 Å². The normalized spacial score (nSPS) is 26.4. The zero-order valence-corrected chi connectivity index (χ0v) is 13.5. The summed E-state index contributed by atoms with van der Waals surface area (Å²) in [6.07, 6.45) is -3.49. The summed E-state index contributed by atoms with van der Waals surface area (Å²) in [6.45, 7) is 0. The fourth-order valence-corrected chi connectivity index (χ4v) is 4.78. The summed E-state index contributed by atoms with van der Waals surface area (Å²) >= 11 is 3.64. The minimum absolute atomic E-state index is 0.103. The van der Waals surface area contributed by atoms with Gasteiger partial charge in [-0.2, -0.15) is 13.2 Å². The third-order valence-corrected chi connectivity index (χ3v) is 6.28. The molecule has 1 aromatic carbocycles. The average Bonchev–Trinajstić information content (AvgIpc) is 3.03. The van der Waals surface area contributed by atoms with Gasteiger partial charge in [0.15, 0.2) is 0 Å². The van der Waals surface area contributed by atoms with Gasteiger partial charge in [-0.25, -0.2) is 0 Å². The molecular weight excluding hydrogens is 373 g/mol. The summed E-state index contributed by atoms with van der Waals surface area (Å²) in [5, 5.41) is 12.2. The lowest BCUT2D eigenvalue weighted by Crippen LogP contribution is -2.36. The van der Waals surface area contributed by atoms with Gasteiger partial charge in [-0.15, -0.1) is 0 Å². The van der Waals surface area contributed by atoms with Crippen molar-refractivity contribution >= 4 is 21.6 Å². The van der Waals surface area contributed by atoms with Crippen molar-refractivity contribution in [3.8, 4) is 0 Å². The topological polar surface area (TPSA) is 49.9 Å². The number of benzene rings is 1. The molecule has 0 bridgehead atoms. The van der Waals surface area contributed by atoms with Crippen molar-refractivity contribution in [2.75, 3.05) is 0 Å². The first-order chi connectivity index (χ1) is 10.8. The minimum Gasteiger partial charge on any atom is -0.351 e. The van der Waals surface area contributed by atoms with Crippen molar-refractivity contribution in [2.24, 2.45) is 5.41 Å². The van der Waals surface area contributed by atoms with Gasteiger partial charge in [0.05, 0.1) is 10.5 Å². The number of alkyl halides is 4. The second-order valence-electron chi connectivity index (χ2n) is 6.09. The third kappa shape index (κ3) is 1.95. The SMILES string of the molecule is N=C1c2ccccc2C(Br)C12CCc1noc(C(F)(F)F)c1C2. The van der Waals surface area contributed by atoms with E-state index in [1.54, 1.807) is 0 Å². The predicted octanol–water partition coefficient (Wildman–Crippen LogP) is 4.69. The van der Waals surface area contributed by atoms with E-state index in [4.69, 9.17) is 5.41 Å². The molecular formula is C16H12BrF3N2O. The third-order valence-electron chi connectivity index (χ3n) is 4.91. The van der Waals surface area contributed by atoms with E-state index in [0.29, 0.717) is 24.2 Å². The lowest BCUT2D eigenvalue weighted by molar-refractivity contribution is -0.156. The van der Waals surface area contributed by atoms with E-state index in [1.165, 1.54) is 0 Å². The van der Waals surface area contributed by atoms with Crippen LogP contribution in [0.25, 0.3) is 0 Å². The number of hydrogen-bond acceptors (Lipinski definition) is 3. The van der Waals surface area contributed by atoms with Crippen molar-refractivity contribution in [1.29, 1.82) is 5.41 Å². The van der Waals surface area contributed by atoms with Crippen LogP contribution in [-0.4, -0.2) is 10.9 Å². The molecule has 4 rings (SSSR count). The molecule has 0 amide bonds. The van der Waals surface area contributed by atoms with Gasteiger partial charge < -0.3 is 9.93 Å². The van der Waals surface area contributed by atoms with E-state index in [0.717, 1.165) is 11.1 Å². The fraction of sp³-hybridized carbons (Fsp3) is 0.375. The summed E-state index contributed by atoms with van der Waals surface area (Å²) in [7, 11) is 0. The highest BCUT2D eigenvalue weighted by Gasteiger charge is 2.53. The molecule has 2 aliphatic carbocycles. The van der Waals surface area contributed by atoms with Crippen molar-refractivity contribution < 1.29 is 17.7 Å². The van der Waals surface area contributed by atoms with Crippen molar-refractivity contribution in [3.63, 3.8) is 0 Å². The van der Waals surface area contributed by atoms with E-state index in [9.17, 15) is 13.2 Å². The molecule has 0 fully saturated rings. The van der Waals surface area contributed by atoms with Gasteiger partial charge in [-0.05, 0) is 24.8 Å².